The molecular formula is C22H24N3O4P. The molecule has 8 heteroatoms. The summed E-state index contributed by atoms with van der Waals surface area (Å²) in [6.07, 6.45) is 0. The minimum atomic E-state index is -4.41. The number of nitrogen functional groups attached to an aromatic ring is 1. The molecule has 156 valence electrons. The maximum atomic E-state index is 12.7. The largest absolute Gasteiger partial charge is 0.401 e. The van der Waals surface area contributed by atoms with Gasteiger partial charge in [-0.2, -0.15) is 0 Å². The van der Waals surface area contributed by atoms with Gasteiger partial charge in [0.15, 0.2) is 0 Å². The molecule has 0 saturated carbocycles. The minimum absolute atomic E-state index is 0.334. The molecule has 30 heavy (non-hydrogen) atoms. The fraction of sp³-hybridized carbons (Fsp3) is 0.136. The number of nitrogens with one attached hydrogen (secondary N) is 2. The molecule has 0 heterocycles. The summed E-state index contributed by atoms with van der Waals surface area (Å²) in [5.74, 6) is -0.334. The van der Waals surface area contributed by atoms with Crippen molar-refractivity contribution in [3.8, 4) is 11.1 Å². The number of amides is 1. The smallest absolute Gasteiger partial charge is 0.397 e. The lowest BCUT2D eigenvalue weighted by atomic mass is 9.94. The van der Waals surface area contributed by atoms with Crippen molar-refractivity contribution in [2.24, 2.45) is 0 Å². The van der Waals surface area contributed by atoms with Gasteiger partial charge in [-0.1, -0.05) is 48.5 Å². The number of carbonyl (C=O) groups is 1. The second-order valence-corrected chi connectivity index (χ2v) is 8.79. The second-order valence-electron chi connectivity index (χ2n) is 7.48. The summed E-state index contributed by atoms with van der Waals surface area (Å²) < 4.78 is 11.3. The monoisotopic (exact) mass is 425 g/mol. The predicted molar refractivity (Wildman–Crippen MR) is 119 cm³/mol. The Morgan fingerprint density at radius 1 is 0.933 bits per heavy atom. The van der Waals surface area contributed by atoms with Crippen LogP contribution in [0, 0.1) is 0 Å². The third-order valence-electron chi connectivity index (χ3n) is 4.70. The van der Waals surface area contributed by atoms with Crippen LogP contribution in [-0.2, 0) is 10.1 Å². The van der Waals surface area contributed by atoms with Gasteiger partial charge in [-0.15, -0.1) is 0 Å². The van der Waals surface area contributed by atoms with Crippen molar-refractivity contribution >= 4 is 25.0 Å². The van der Waals surface area contributed by atoms with Crippen LogP contribution >= 0.6 is 7.75 Å². The van der Waals surface area contributed by atoms with Gasteiger partial charge in [0, 0.05) is 11.1 Å². The Kier molecular flexibility index (Phi) is 6.10. The number of benzene rings is 3. The Bertz CT molecular complexity index is 1090. The SMILES string of the molecule is CC(C)(NP(=O)(O)O)c1ccc(C(=O)Nc2cc(-c3ccccc3)ccc2N)cc1. The minimum Gasteiger partial charge on any atom is -0.397 e. The van der Waals surface area contributed by atoms with Crippen molar-refractivity contribution < 1.29 is 19.1 Å². The molecule has 0 bridgehead atoms. The summed E-state index contributed by atoms with van der Waals surface area (Å²) in [6.45, 7) is 3.30. The van der Waals surface area contributed by atoms with E-state index in [1.807, 2.05) is 42.5 Å². The Morgan fingerprint density at radius 2 is 1.57 bits per heavy atom. The maximum Gasteiger partial charge on any atom is 0.401 e. The third-order valence-corrected chi connectivity index (χ3v) is 5.55. The first-order chi connectivity index (χ1) is 14.0. The summed E-state index contributed by atoms with van der Waals surface area (Å²) in [7, 11) is -4.41. The standard InChI is InChI=1S/C22H24N3O4P/c1-22(2,25-30(27,28)29)18-11-8-16(9-12-18)21(26)24-20-14-17(10-13-19(20)23)15-6-4-3-5-7-15/h3-14H,23H2,1-2H3,(H,24,26)(H3,25,27,28,29). The van der Waals surface area contributed by atoms with Crippen LogP contribution in [0.1, 0.15) is 29.8 Å². The van der Waals surface area contributed by atoms with Crippen LogP contribution in [-0.4, -0.2) is 15.7 Å². The second kappa shape index (κ2) is 8.42. The summed E-state index contributed by atoms with van der Waals surface area (Å²) in [4.78, 5) is 31.0. The van der Waals surface area contributed by atoms with Gasteiger partial charge in [0.25, 0.3) is 5.91 Å². The fourth-order valence-corrected chi connectivity index (χ4v) is 3.99. The van der Waals surface area contributed by atoms with Crippen molar-refractivity contribution in [1.82, 2.24) is 5.09 Å². The van der Waals surface area contributed by atoms with E-state index in [4.69, 9.17) is 5.73 Å². The third kappa shape index (κ3) is 5.34. The van der Waals surface area contributed by atoms with Crippen molar-refractivity contribution in [3.05, 3.63) is 83.9 Å². The molecule has 0 aliphatic heterocycles. The van der Waals surface area contributed by atoms with E-state index in [0.29, 0.717) is 22.5 Å². The molecule has 3 aromatic rings. The lowest BCUT2D eigenvalue weighted by molar-refractivity contribution is 0.102. The van der Waals surface area contributed by atoms with E-state index in [9.17, 15) is 19.1 Å². The molecule has 3 aromatic carbocycles. The van der Waals surface area contributed by atoms with Gasteiger partial charge >= 0.3 is 7.75 Å². The molecule has 0 aliphatic carbocycles. The molecule has 6 N–H and O–H groups in total. The molecule has 0 unspecified atom stereocenters. The quantitative estimate of drug-likeness (QED) is 0.299. The Balaban J connectivity index is 1.79. The molecule has 3 rings (SSSR count). The van der Waals surface area contributed by atoms with E-state index in [1.165, 1.54) is 0 Å². The summed E-state index contributed by atoms with van der Waals surface area (Å²) in [5.41, 5.74) is 9.00. The van der Waals surface area contributed by atoms with Gasteiger partial charge < -0.3 is 20.8 Å². The lowest BCUT2D eigenvalue weighted by Crippen LogP contribution is -2.33. The van der Waals surface area contributed by atoms with Crippen LogP contribution in [0.2, 0.25) is 0 Å². The zero-order valence-electron chi connectivity index (χ0n) is 16.7. The molecule has 0 spiro atoms. The lowest BCUT2D eigenvalue weighted by Gasteiger charge is -2.27. The van der Waals surface area contributed by atoms with Crippen LogP contribution in [0.4, 0.5) is 11.4 Å². The molecule has 0 aliphatic rings. The normalized spacial score (nSPS) is 11.9. The van der Waals surface area contributed by atoms with E-state index in [2.05, 4.69) is 10.4 Å². The number of carbonyl (C=O) groups excluding carboxylic acids is 1. The highest BCUT2D eigenvalue weighted by Crippen LogP contribution is 2.36. The van der Waals surface area contributed by atoms with E-state index in [0.717, 1.165) is 11.1 Å². The van der Waals surface area contributed by atoms with E-state index >= 15 is 0 Å². The Morgan fingerprint density at radius 3 is 2.17 bits per heavy atom. The highest BCUT2D eigenvalue weighted by atomic mass is 31.2. The molecule has 0 atom stereocenters. The Labute approximate surface area is 175 Å². The number of rotatable bonds is 6. The van der Waals surface area contributed by atoms with Crippen LogP contribution in [0.3, 0.4) is 0 Å². The first kappa shape index (κ1) is 21.7. The van der Waals surface area contributed by atoms with E-state index in [1.54, 1.807) is 44.2 Å². The van der Waals surface area contributed by atoms with E-state index in [-0.39, 0.29) is 5.91 Å². The summed E-state index contributed by atoms with van der Waals surface area (Å²) in [6, 6.07) is 21.7. The van der Waals surface area contributed by atoms with Gasteiger partial charge in [0.1, 0.15) is 0 Å². The topological polar surface area (TPSA) is 125 Å². The highest BCUT2D eigenvalue weighted by Gasteiger charge is 2.28. The average Bonchev–Trinajstić information content (AvgIpc) is 2.68. The van der Waals surface area contributed by atoms with Crippen molar-refractivity contribution in [3.63, 3.8) is 0 Å². The van der Waals surface area contributed by atoms with Crippen molar-refractivity contribution in [1.29, 1.82) is 0 Å². The van der Waals surface area contributed by atoms with Crippen molar-refractivity contribution in [2.45, 2.75) is 19.4 Å². The average molecular weight is 425 g/mol. The van der Waals surface area contributed by atoms with Gasteiger partial charge in [-0.3, -0.25) is 4.79 Å². The van der Waals surface area contributed by atoms with Gasteiger partial charge in [-0.25, -0.2) is 9.65 Å². The zero-order valence-corrected chi connectivity index (χ0v) is 17.6. The van der Waals surface area contributed by atoms with E-state index < -0.39 is 13.3 Å². The molecule has 0 radical (unpaired) electrons. The molecule has 0 saturated heterocycles. The zero-order chi connectivity index (χ0) is 21.9. The first-order valence-corrected chi connectivity index (χ1v) is 10.9. The number of nitrogens with two attached hydrogens (primary N) is 1. The number of hydrogen-bond donors (Lipinski definition) is 5. The van der Waals surface area contributed by atoms with Gasteiger partial charge in [0.05, 0.1) is 11.4 Å². The van der Waals surface area contributed by atoms with Crippen LogP contribution in [0.15, 0.2) is 72.8 Å². The van der Waals surface area contributed by atoms with Crippen LogP contribution < -0.4 is 16.1 Å². The molecular weight excluding hydrogens is 401 g/mol. The molecule has 7 nitrogen and oxygen atoms in total. The number of anilines is 2. The summed E-state index contributed by atoms with van der Waals surface area (Å²) in [5, 5.41) is 5.11. The molecule has 1 amide bonds. The van der Waals surface area contributed by atoms with Gasteiger partial charge in [-0.05, 0) is 54.8 Å². The fourth-order valence-electron chi connectivity index (χ4n) is 3.14. The van der Waals surface area contributed by atoms with Crippen molar-refractivity contribution in [2.75, 3.05) is 11.1 Å². The molecule has 0 aromatic heterocycles. The summed E-state index contributed by atoms with van der Waals surface area (Å²) >= 11 is 0. The Hall–Kier alpha value is -2.96. The predicted octanol–water partition coefficient (Wildman–Crippen LogP) is 4.11. The molecule has 0 fully saturated rings. The van der Waals surface area contributed by atoms with Gasteiger partial charge in [0.2, 0.25) is 0 Å². The first-order valence-electron chi connectivity index (χ1n) is 9.27. The number of hydrogen-bond acceptors (Lipinski definition) is 3. The maximum absolute atomic E-state index is 12.7. The van der Waals surface area contributed by atoms with Crippen LogP contribution in [0.25, 0.3) is 11.1 Å². The van der Waals surface area contributed by atoms with Crippen LogP contribution in [0.5, 0.6) is 0 Å². The highest BCUT2D eigenvalue weighted by molar-refractivity contribution is 7.49.